The number of rotatable bonds is 3. The Morgan fingerprint density at radius 1 is 1.35 bits per heavy atom. The summed E-state index contributed by atoms with van der Waals surface area (Å²) in [5.41, 5.74) is -0.269. The number of carbonyl (C=O) groups is 1. The zero-order chi connectivity index (χ0) is 19.1. The molecule has 0 fully saturated rings. The molecule has 1 aromatic carbocycles. The lowest BCUT2D eigenvalue weighted by molar-refractivity contribution is -0.137. The van der Waals surface area contributed by atoms with E-state index in [9.17, 15) is 22.8 Å². The quantitative estimate of drug-likeness (QED) is 0.824. The van der Waals surface area contributed by atoms with Gasteiger partial charge in [0.1, 0.15) is 0 Å². The molecule has 0 saturated heterocycles. The minimum absolute atomic E-state index is 0.101. The van der Waals surface area contributed by atoms with Crippen LogP contribution in [0.25, 0.3) is 0 Å². The van der Waals surface area contributed by atoms with Gasteiger partial charge in [-0.1, -0.05) is 23.9 Å². The van der Waals surface area contributed by atoms with Gasteiger partial charge in [0.15, 0.2) is 5.16 Å². The average Bonchev–Trinajstić information content (AvgIpc) is 2.94. The van der Waals surface area contributed by atoms with Gasteiger partial charge in [-0.25, -0.2) is 4.98 Å². The van der Waals surface area contributed by atoms with E-state index in [4.69, 9.17) is 0 Å². The van der Waals surface area contributed by atoms with Crippen LogP contribution in [0.4, 0.5) is 18.9 Å². The predicted octanol–water partition coefficient (Wildman–Crippen LogP) is 3.55. The van der Waals surface area contributed by atoms with E-state index in [1.54, 1.807) is 13.8 Å². The number of fused-ring (bicyclic) bond motifs is 1. The highest BCUT2D eigenvalue weighted by atomic mass is 32.2. The van der Waals surface area contributed by atoms with E-state index >= 15 is 0 Å². The number of para-hydroxylation sites is 1. The number of aromatic nitrogens is 2. The summed E-state index contributed by atoms with van der Waals surface area (Å²) in [7, 11) is 0. The van der Waals surface area contributed by atoms with E-state index in [2.05, 4.69) is 10.3 Å². The fraction of sp³-hybridized carbons (Fsp3) is 0.353. The van der Waals surface area contributed by atoms with Crippen molar-refractivity contribution in [2.45, 2.75) is 37.6 Å². The number of halogens is 3. The van der Waals surface area contributed by atoms with Crippen molar-refractivity contribution in [3.63, 3.8) is 0 Å². The van der Waals surface area contributed by atoms with Crippen LogP contribution in [-0.4, -0.2) is 21.2 Å². The molecule has 9 heteroatoms. The molecule has 5 nitrogen and oxygen atoms in total. The lowest BCUT2D eigenvalue weighted by atomic mass is 10.1. The van der Waals surface area contributed by atoms with Crippen LogP contribution in [0.2, 0.25) is 0 Å². The van der Waals surface area contributed by atoms with Crippen LogP contribution in [0.5, 0.6) is 0 Å². The SMILES string of the molecule is Cc1nc2n(c(=O)c1C)C(CC(=O)Nc1ccccc1C(F)(F)F)CS2. The van der Waals surface area contributed by atoms with Crippen LogP contribution in [0.1, 0.15) is 29.3 Å². The summed E-state index contributed by atoms with van der Waals surface area (Å²) in [6.07, 6.45) is -4.66. The Labute approximate surface area is 151 Å². The second kappa shape index (κ2) is 6.79. The summed E-state index contributed by atoms with van der Waals surface area (Å²) in [5.74, 6) is -0.107. The Morgan fingerprint density at radius 2 is 2.04 bits per heavy atom. The molecular formula is C17H16F3N3O2S. The summed E-state index contributed by atoms with van der Waals surface area (Å²) < 4.78 is 40.5. The maximum Gasteiger partial charge on any atom is 0.418 e. The maximum atomic E-state index is 13.0. The second-order valence-electron chi connectivity index (χ2n) is 6.04. The topological polar surface area (TPSA) is 64.0 Å². The number of anilines is 1. The number of alkyl halides is 3. The minimum Gasteiger partial charge on any atom is -0.325 e. The highest BCUT2D eigenvalue weighted by Gasteiger charge is 2.34. The van der Waals surface area contributed by atoms with Crippen molar-refractivity contribution < 1.29 is 18.0 Å². The zero-order valence-corrected chi connectivity index (χ0v) is 14.9. The highest BCUT2D eigenvalue weighted by Crippen LogP contribution is 2.36. The van der Waals surface area contributed by atoms with Gasteiger partial charge in [-0.05, 0) is 26.0 Å². The van der Waals surface area contributed by atoms with Gasteiger partial charge in [-0.2, -0.15) is 13.2 Å². The van der Waals surface area contributed by atoms with Gasteiger partial charge in [0.05, 0.1) is 17.3 Å². The summed E-state index contributed by atoms with van der Waals surface area (Å²) >= 11 is 1.36. The van der Waals surface area contributed by atoms with E-state index in [0.29, 0.717) is 22.2 Å². The van der Waals surface area contributed by atoms with Gasteiger partial charge in [0, 0.05) is 23.4 Å². The molecule has 1 unspecified atom stereocenters. The van der Waals surface area contributed by atoms with E-state index in [-0.39, 0.29) is 17.7 Å². The monoisotopic (exact) mass is 383 g/mol. The smallest absolute Gasteiger partial charge is 0.325 e. The van der Waals surface area contributed by atoms with E-state index < -0.39 is 23.7 Å². The lowest BCUT2D eigenvalue weighted by Crippen LogP contribution is -2.30. The molecule has 1 N–H and O–H groups in total. The molecule has 3 rings (SSSR count). The maximum absolute atomic E-state index is 13.0. The molecule has 2 heterocycles. The van der Waals surface area contributed by atoms with Crippen molar-refractivity contribution in [3.8, 4) is 0 Å². The molecule has 0 aliphatic carbocycles. The first-order valence-electron chi connectivity index (χ1n) is 7.87. The first-order valence-corrected chi connectivity index (χ1v) is 8.85. The summed E-state index contributed by atoms with van der Waals surface area (Å²) in [5, 5.41) is 2.85. The molecule has 26 heavy (non-hydrogen) atoms. The number of hydrogen-bond donors (Lipinski definition) is 1. The van der Waals surface area contributed by atoms with Crippen LogP contribution < -0.4 is 10.9 Å². The molecule has 1 aromatic heterocycles. The van der Waals surface area contributed by atoms with E-state index in [0.717, 1.165) is 6.07 Å². The Hall–Kier alpha value is -2.29. The van der Waals surface area contributed by atoms with Crippen LogP contribution in [-0.2, 0) is 11.0 Å². The first kappa shape index (κ1) is 18.5. The number of nitrogens with zero attached hydrogens (tertiary/aromatic N) is 2. The third-order valence-electron chi connectivity index (χ3n) is 4.25. The molecule has 1 aliphatic heterocycles. The van der Waals surface area contributed by atoms with Gasteiger partial charge >= 0.3 is 6.18 Å². The van der Waals surface area contributed by atoms with Crippen molar-refractivity contribution in [1.82, 2.24) is 9.55 Å². The van der Waals surface area contributed by atoms with Gasteiger partial charge in [-0.3, -0.25) is 14.2 Å². The van der Waals surface area contributed by atoms with Gasteiger partial charge in [-0.15, -0.1) is 0 Å². The van der Waals surface area contributed by atoms with Crippen LogP contribution in [0.3, 0.4) is 0 Å². The molecule has 1 amide bonds. The molecule has 0 radical (unpaired) electrons. The largest absolute Gasteiger partial charge is 0.418 e. The Balaban J connectivity index is 1.81. The minimum atomic E-state index is -4.56. The number of benzene rings is 1. The van der Waals surface area contributed by atoms with Crippen LogP contribution in [0.15, 0.2) is 34.2 Å². The second-order valence-corrected chi connectivity index (χ2v) is 7.03. The lowest BCUT2D eigenvalue weighted by Gasteiger charge is -2.16. The first-order chi connectivity index (χ1) is 12.2. The molecular weight excluding hydrogens is 367 g/mol. The fourth-order valence-corrected chi connectivity index (χ4v) is 3.96. The van der Waals surface area contributed by atoms with E-state index in [1.807, 2.05) is 0 Å². The Morgan fingerprint density at radius 3 is 2.73 bits per heavy atom. The number of thioether (sulfide) groups is 1. The predicted molar refractivity (Wildman–Crippen MR) is 92.4 cm³/mol. The summed E-state index contributed by atoms with van der Waals surface area (Å²) in [6, 6.07) is 4.37. The average molecular weight is 383 g/mol. The molecule has 0 saturated carbocycles. The molecule has 2 aromatic rings. The molecule has 0 spiro atoms. The fourth-order valence-electron chi connectivity index (χ4n) is 2.78. The molecule has 1 aliphatic rings. The van der Waals surface area contributed by atoms with Crippen molar-refractivity contribution >= 4 is 23.4 Å². The van der Waals surface area contributed by atoms with Crippen molar-refractivity contribution in [1.29, 1.82) is 0 Å². The number of amides is 1. The van der Waals surface area contributed by atoms with E-state index in [1.165, 1.54) is 34.5 Å². The summed E-state index contributed by atoms with van der Waals surface area (Å²) in [6.45, 7) is 3.41. The van der Waals surface area contributed by atoms with Crippen molar-refractivity contribution in [2.75, 3.05) is 11.1 Å². The Kier molecular flexibility index (Phi) is 4.83. The molecule has 138 valence electrons. The number of nitrogens with one attached hydrogen (secondary N) is 1. The number of hydrogen-bond acceptors (Lipinski definition) is 4. The summed E-state index contributed by atoms with van der Waals surface area (Å²) in [4.78, 5) is 29.1. The van der Waals surface area contributed by atoms with Gasteiger partial charge in [0.25, 0.3) is 5.56 Å². The molecule has 1 atom stereocenters. The van der Waals surface area contributed by atoms with Gasteiger partial charge < -0.3 is 5.32 Å². The standard InChI is InChI=1S/C17H16F3N3O2S/c1-9-10(2)21-16-23(15(9)25)11(8-26-16)7-14(24)22-13-6-4-3-5-12(13)17(18,19)20/h3-6,11H,7-8H2,1-2H3,(H,22,24). The third kappa shape index (κ3) is 3.48. The highest BCUT2D eigenvalue weighted by molar-refractivity contribution is 7.99. The van der Waals surface area contributed by atoms with Crippen molar-refractivity contribution in [3.05, 3.63) is 51.4 Å². The Bertz CT molecular complexity index is 924. The number of carbonyl (C=O) groups excluding carboxylic acids is 1. The molecule has 0 bridgehead atoms. The normalized spacial score (nSPS) is 16.4. The van der Waals surface area contributed by atoms with Crippen LogP contribution in [0, 0.1) is 13.8 Å². The zero-order valence-electron chi connectivity index (χ0n) is 14.1. The van der Waals surface area contributed by atoms with Crippen LogP contribution >= 0.6 is 11.8 Å². The number of aryl methyl sites for hydroxylation is 1. The van der Waals surface area contributed by atoms with Gasteiger partial charge in [0.2, 0.25) is 5.91 Å². The van der Waals surface area contributed by atoms with Crippen molar-refractivity contribution in [2.24, 2.45) is 0 Å². The third-order valence-corrected chi connectivity index (χ3v) is 5.35.